The van der Waals surface area contributed by atoms with Crippen LogP contribution in [0.3, 0.4) is 0 Å². The number of rotatable bonds is 4. The van der Waals surface area contributed by atoms with Gasteiger partial charge in [0.1, 0.15) is 6.17 Å². The average molecular weight is 270 g/mol. The third-order valence-corrected chi connectivity index (χ3v) is 4.07. The van der Waals surface area contributed by atoms with Gasteiger partial charge in [0.15, 0.2) is 0 Å². The second-order valence-corrected chi connectivity index (χ2v) is 5.46. The maximum atomic E-state index is 13.0. The van der Waals surface area contributed by atoms with E-state index in [2.05, 4.69) is 5.32 Å². The Bertz CT molecular complexity index is 461. The molecule has 2 rings (SSSR count). The van der Waals surface area contributed by atoms with E-state index >= 15 is 0 Å². The zero-order chi connectivity index (χ0) is 13.1. The highest BCUT2D eigenvalue weighted by atomic mass is 32.1. The summed E-state index contributed by atoms with van der Waals surface area (Å²) in [5.41, 5.74) is 5.45. The van der Waals surface area contributed by atoms with Gasteiger partial charge in [-0.2, -0.15) is 0 Å². The monoisotopic (exact) mass is 270 g/mol. The fourth-order valence-corrected chi connectivity index (χ4v) is 2.92. The van der Waals surface area contributed by atoms with Gasteiger partial charge in [-0.25, -0.2) is 4.39 Å². The molecule has 18 heavy (non-hydrogen) atoms. The minimum absolute atomic E-state index is 0.222. The Morgan fingerprint density at radius 2 is 2.28 bits per heavy atom. The van der Waals surface area contributed by atoms with E-state index in [9.17, 15) is 14.0 Å². The first-order valence-electron chi connectivity index (χ1n) is 5.87. The molecule has 4 nitrogen and oxygen atoms in total. The van der Waals surface area contributed by atoms with Crippen LogP contribution in [0.2, 0.25) is 0 Å². The van der Waals surface area contributed by atoms with Crippen molar-refractivity contribution in [2.45, 2.75) is 25.4 Å². The first-order chi connectivity index (χ1) is 8.56. The Hall–Kier alpha value is -1.43. The topological polar surface area (TPSA) is 72.2 Å². The largest absolute Gasteiger partial charge is 0.366 e. The third kappa shape index (κ3) is 3.07. The first-order valence-corrected chi connectivity index (χ1v) is 6.75. The van der Waals surface area contributed by atoms with E-state index in [1.165, 1.54) is 17.4 Å². The first kappa shape index (κ1) is 13.0. The molecule has 1 saturated carbocycles. The molecule has 0 aliphatic heterocycles. The molecule has 0 saturated heterocycles. The molecular weight excluding hydrogens is 255 g/mol. The highest BCUT2D eigenvalue weighted by Crippen LogP contribution is 2.27. The maximum Gasteiger partial charge on any atom is 0.261 e. The van der Waals surface area contributed by atoms with Crippen LogP contribution in [0.15, 0.2) is 11.4 Å². The Kier molecular flexibility index (Phi) is 3.96. The van der Waals surface area contributed by atoms with E-state index in [1.807, 2.05) is 0 Å². The summed E-state index contributed by atoms with van der Waals surface area (Å²) in [6.45, 7) is 0.489. The molecule has 98 valence electrons. The highest BCUT2D eigenvalue weighted by molar-refractivity contribution is 7.12. The van der Waals surface area contributed by atoms with Crippen molar-refractivity contribution in [1.29, 1.82) is 0 Å². The molecule has 0 radical (unpaired) electrons. The highest BCUT2D eigenvalue weighted by Gasteiger charge is 2.24. The van der Waals surface area contributed by atoms with Crippen LogP contribution < -0.4 is 11.1 Å². The summed E-state index contributed by atoms with van der Waals surface area (Å²) in [7, 11) is 0. The molecule has 2 atom stereocenters. The fraction of sp³-hybridized carbons (Fsp3) is 0.500. The van der Waals surface area contributed by atoms with Gasteiger partial charge in [0.05, 0.1) is 10.4 Å². The lowest BCUT2D eigenvalue weighted by molar-refractivity contribution is 0.0950. The summed E-state index contributed by atoms with van der Waals surface area (Å²) >= 11 is 1.18. The van der Waals surface area contributed by atoms with Gasteiger partial charge in [-0.05, 0) is 31.2 Å². The summed E-state index contributed by atoms with van der Waals surface area (Å²) in [6, 6.07) is 1.48. The number of primary amides is 1. The van der Waals surface area contributed by atoms with Crippen LogP contribution in [0.25, 0.3) is 0 Å². The van der Waals surface area contributed by atoms with Crippen molar-refractivity contribution in [2.75, 3.05) is 6.54 Å². The van der Waals surface area contributed by atoms with Crippen molar-refractivity contribution in [1.82, 2.24) is 5.32 Å². The molecule has 1 heterocycles. The Labute approximate surface area is 108 Å². The molecule has 2 amide bonds. The lowest BCUT2D eigenvalue weighted by Gasteiger charge is -2.09. The number of thiophene rings is 1. The minimum atomic E-state index is -0.727. The van der Waals surface area contributed by atoms with Crippen LogP contribution in [-0.4, -0.2) is 24.5 Å². The van der Waals surface area contributed by atoms with Crippen LogP contribution in [0.5, 0.6) is 0 Å². The summed E-state index contributed by atoms with van der Waals surface area (Å²) in [4.78, 5) is 23.1. The third-order valence-electron chi connectivity index (χ3n) is 3.14. The molecule has 0 spiro atoms. The van der Waals surface area contributed by atoms with Gasteiger partial charge in [-0.15, -0.1) is 11.3 Å². The van der Waals surface area contributed by atoms with E-state index in [-0.39, 0.29) is 11.8 Å². The Balaban J connectivity index is 1.85. The van der Waals surface area contributed by atoms with E-state index in [4.69, 9.17) is 5.73 Å². The number of halogens is 1. The van der Waals surface area contributed by atoms with E-state index in [1.54, 1.807) is 5.38 Å². The number of nitrogens with one attached hydrogen (secondary N) is 1. The average Bonchev–Trinajstić information content (AvgIpc) is 2.94. The molecule has 1 aliphatic rings. The lowest BCUT2D eigenvalue weighted by atomic mass is 10.1. The maximum absolute atomic E-state index is 13.0. The quantitative estimate of drug-likeness (QED) is 0.874. The Morgan fingerprint density at radius 1 is 1.50 bits per heavy atom. The van der Waals surface area contributed by atoms with Gasteiger partial charge in [0.2, 0.25) is 5.91 Å². The lowest BCUT2D eigenvalue weighted by Crippen LogP contribution is -2.28. The van der Waals surface area contributed by atoms with Gasteiger partial charge in [0, 0.05) is 11.9 Å². The number of amides is 2. The van der Waals surface area contributed by atoms with Crippen molar-refractivity contribution in [3.05, 3.63) is 21.9 Å². The van der Waals surface area contributed by atoms with E-state index in [0.717, 1.165) is 6.42 Å². The van der Waals surface area contributed by atoms with Crippen LogP contribution in [0.1, 0.15) is 39.3 Å². The molecule has 0 aromatic carbocycles. The van der Waals surface area contributed by atoms with E-state index < -0.39 is 12.1 Å². The number of nitrogens with two attached hydrogens (primary N) is 1. The molecule has 6 heteroatoms. The van der Waals surface area contributed by atoms with Crippen molar-refractivity contribution < 1.29 is 14.0 Å². The number of alkyl halides is 1. The molecule has 0 bridgehead atoms. The van der Waals surface area contributed by atoms with Crippen LogP contribution in [-0.2, 0) is 0 Å². The van der Waals surface area contributed by atoms with Crippen molar-refractivity contribution >= 4 is 23.2 Å². The number of hydrogen-bond acceptors (Lipinski definition) is 3. The summed E-state index contributed by atoms with van der Waals surface area (Å²) in [5, 5.41) is 4.33. The van der Waals surface area contributed by atoms with Gasteiger partial charge in [-0.3, -0.25) is 9.59 Å². The van der Waals surface area contributed by atoms with Crippen LogP contribution >= 0.6 is 11.3 Å². The zero-order valence-corrected chi connectivity index (χ0v) is 10.6. The Morgan fingerprint density at radius 3 is 2.83 bits per heavy atom. The molecule has 1 fully saturated rings. The predicted octanol–water partition coefficient (Wildman–Crippen LogP) is 1.72. The summed E-state index contributed by atoms with van der Waals surface area (Å²) < 4.78 is 13.0. The van der Waals surface area contributed by atoms with Gasteiger partial charge < -0.3 is 11.1 Å². The number of carbonyl (C=O) groups is 2. The van der Waals surface area contributed by atoms with Gasteiger partial charge in [-0.1, -0.05) is 0 Å². The van der Waals surface area contributed by atoms with Crippen molar-refractivity contribution in [2.24, 2.45) is 11.7 Å². The second-order valence-electron chi connectivity index (χ2n) is 4.55. The van der Waals surface area contributed by atoms with Crippen LogP contribution in [0.4, 0.5) is 4.39 Å². The van der Waals surface area contributed by atoms with Crippen molar-refractivity contribution in [3.8, 4) is 0 Å². The van der Waals surface area contributed by atoms with Gasteiger partial charge in [0.25, 0.3) is 5.91 Å². The normalized spacial score (nSPS) is 22.9. The van der Waals surface area contributed by atoms with E-state index in [0.29, 0.717) is 29.8 Å². The molecule has 1 aliphatic carbocycles. The fourth-order valence-electron chi connectivity index (χ4n) is 2.11. The smallest absolute Gasteiger partial charge is 0.261 e. The number of hydrogen-bond donors (Lipinski definition) is 2. The minimum Gasteiger partial charge on any atom is -0.366 e. The van der Waals surface area contributed by atoms with Crippen LogP contribution in [0, 0.1) is 5.92 Å². The van der Waals surface area contributed by atoms with Crippen molar-refractivity contribution in [3.63, 3.8) is 0 Å². The second kappa shape index (κ2) is 5.48. The summed E-state index contributed by atoms with van der Waals surface area (Å²) in [6.07, 6.45) is 1.20. The molecule has 3 N–H and O–H groups in total. The van der Waals surface area contributed by atoms with Gasteiger partial charge >= 0.3 is 0 Å². The molecule has 1 aromatic rings. The molecular formula is C12H15FN2O2S. The predicted molar refractivity (Wildman–Crippen MR) is 67.4 cm³/mol. The standard InChI is InChI=1S/C12H15FN2O2S/c13-9-2-1-7(3-9)5-15-12(17)10-4-8(6-18-10)11(14)16/h4,6-7,9H,1-3,5H2,(H2,14,16)(H,15,17). The zero-order valence-electron chi connectivity index (χ0n) is 9.82. The molecule has 1 aromatic heterocycles. The SMILES string of the molecule is NC(=O)c1csc(C(=O)NCC2CCC(F)C2)c1. The molecule has 2 unspecified atom stereocenters. The summed E-state index contributed by atoms with van der Waals surface area (Å²) in [5.74, 6) is -0.546. The number of carbonyl (C=O) groups excluding carboxylic acids is 2.